The number of anilines is 2. The van der Waals surface area contributed by atoms with E-state index in [2.05, 4.69) is 23.1 Å². The van der Waals surface area contributed by atoms with Crippen molar-refractivity contribution in [3.8, 4) is 11.1 Å². The Morgan fingerprint density at radius 3 is 2.48 bits per heavy atom. The Labute approximate surface area is 181 Å². The highest BCUT2D eigenvalue weighted by Gasteiger charge is 2.52. The van der Waals surface area contributed by atoms with Gasteiger partial charge in [-0.15, -0.1) is 0 Å². The fraction of sp³-hybridized carbons (Fsp3) is 0.320. The van der Waals surface area contributed by atoms with Crippen molar-refractivity contribution in [2.45, 2.75) is 30.7 Å². The summed E-state index contributed by atoms with van der Waals surface area (Å²) >= 11 is 0. The van der Waals surface area contributed by atoms with Gasteiger partial charge in [0.05, 0.1) is 0 Å². The number of nitrogens with zero attached hydrogens (tertiary/aromatic N) is 4. The predicted octanol–water partition coefficient (Wildman–Crippen LogP) is 3.50. The van der Waals surface area contributed by atoms with Crippen LogP contribution in [0.1, 0.15) is 35.2 Å². The minimum atomic E-state index is 0.0628. The molecule has 6 nitrogen and oxygen atoms in total. The molecule has 1 amide bonds. The molecule has 1 aromatic heterocycles. The summed E-state index contributed by atoms with van der Waals surface area (Å²) in [6, 6.07) is 16.4. The van der Waals surface area contributed by atoms with Crippen molar-refractivity contribution in [2.75, 3.05) is 24.5 Å². The highest BCUT2D eigenvalue weighted by molar-refractivity contribution is 5.96. The Hall–Kier alpha value is -3.25. The third kappa shape index (κ3) is 3.10. The lowest BCUT2D eigenvalue weighted by Gasteiger charge is -2.20. The molecular formula is C25H25N5O. The Kier molecular flexibility index (Phi) is 4.11. The summed E-state index contributed by atoms with van der Waals surface area (Å²) in [5.74, 6) is 0.755. The van der Waals surface area contributed by atoms with Crippen molar-refractivity contribution in [3.05, 3.63) is 72.1 Å². The number of hydrogen-bond acceptors (Lipinski definition) is 5. The Balaban J connectivity index is 1.33. The van der Waals surface area contributed by atoms with E-state index >= 15 is 0 Å². The average Bonchev–Trinajstić information content (AvgIpc) is 3.35. The third-order valence-electron chi connectivity index (χ3n) is 6.92. The first-order valence-electron chi connectivity index (χ1n) is 11.0. The number of aromatic nitrogens is 2. The lowest BCUT2D eigenvalue weighted by atomic mass is 9.97. The first-order chi connectivity index (χ1) is 15.1. The second-order valence-electron chi connectivity index (χ2n) is 9.04. The fourth-order valence-electron chi connectivity index (χ4n) is 4.96. The first kappa shape index (κ1) is 18.5. The first-order valence-corrected chi connectivity index (χ1v) is 11.0. The van der Waals surface area contributed by atoms with Gasteiger partial charge in [0.1, 0.15) is 0 Å². The molecule has 2 aliphatic heterocycles. The molecule has 1 saturated carbocycles. The zero-order valence-electron chi connectivity index (χ0n) is 17.4. The molecule has 0 unspecified atom stereocenters. The van der Waals surface area contributed by atoms with Crippen LogP contribution in [-0.4, -0.2) is 46.5 Å². The second kappa shape index (κ2) is 6.89. The summed E-state index contributed by atoms with van der Waals surface area (Å²) < 4.78 is 0. The smallest absolute Gasteiger partial charge is 0.253 e. The van der Waals surface area contributed by atoms with Crippen molar-refractivity contribution < 1.29 is 4.79 Å². The second-order valence-corrected chi connectivity index (χ2v) is 9.04. The van der Waals surface area contributed by atoms with Gasteiger partial charge in [-0.25, -0.2) is 9.97 Å². The molecule has 3 aromatic rings. The molecule has 3 heterocycles. The number of nitrogens with two attached hydrogens (primary N) is 1. The van der Waals surface area contributed by atoms with Crippen LogP contribution in [0.25, 0.3) is 11.1 Å². The molecule has 0 bridgehead atoms. The number of carbonyl (C=O) groups excluding carboxylic acids is 1. The Morgan fingerprint density at radius 1 is 1.03 bits per heavy atom. The van der Waals surface area contributed by atoms with Gasteiger partial charge in [-0.1, -0.05) is 36.4 Å². The van der Waals surface area contributed by atoms with Gasteiger partial charge in [-0.3, -0.25) is 4.79 Å². The molecular weight excluding hydrogens is 386 g/mol. The van der Waals surface area contributed by atoms with E-state index in [4.69, 9.17) is 15.7 Å². The topological polar surface area (TPSA) is 75.3 Å². The van der Waals surface area contributed by atoms with E-state index in [1.807, 2.05) is 47.6 Å². The molecule has 6 rings (SSSR count). The normalized spacial score (nSPS) is 20.9. The molecule has 156 valence electrons. The molecule has 6 heteroatoms. The van der Waals surface area contributed by atoms with Crippen LogP contribution in [0.5, 0.6) is 0 Å². The van der Waals surface area contributed by atoms with Crippen molar-refractivity contribution in [2.24, 2.45) is 5.73 Å². The van der Waals surface area contributed by atoms with E-state index < -0.39 is 0 Å². The number of likely N-dealkylation sites (tertiary alicyclic amines) is 1. The number of fused-ring (bicyclic) bond motifs is 2. The van der Waals surface area contributed by atoms with Gasteiger partial charge in [0, 0.05) is 60.3 Å². The molecule has 1 atom stereocenters. The summed E-state index contributed by atoms with van der Waals surface area (Å²) in [5, 5.41) is 0. The zero-order chi connectivity index (χ0) is 21.0. The zero-order valence-corrected chi connectivity index (χ0v) is 17.4. The predicted molar refractivity (Wildman–Crippen MR) is 120 cm³/mol. The van der Waals surface area contributed by atoms with Crippen LogP contribution in [0.15, 0.2) is 60.9 Å². The number of hydrogen-bond donors (Lipinski definition) is 1. The van der Waals surface area contributed by atoms with Crippen molar-refractivity contribution in [1.29, 1.82) is 0 Å². The summed E-state index contributed by atoms with van der Waals surface area (Å²) in [6.45, 7) is 2.24. The maximum atomic E-state index is 13.0. The van der Waals surface area contributed by atoms with Crippen LogP contribution in [0.3, 0.4) is 0 Å². The standard InChI is InChI=1S/C25H25N5O/c26-20-8-11-29(15-20)23(31)18-6-7-21-22(12-18)30(16-25(21)9-10-25)24-27-13-19(14-28-24)17-4-2-1-3-5-17/h1-7,12-14,20H,8-11,15-16,26H2/t20-/m1/s1. The number of carbonyl (C=O) groups is 1. The lowest BCUT2D eigenvalue weighted by Crippen LogP contribution is -2.31. The molecule has 2 fully saturated rings. The molecule has 1 aliphatic carbocycles. The van der Waals surface area contributed by atoms with Crippen molar-refractivity contribution in [3.63, 3.8) is 0 Å². The molecule has 1 saturated heterocycles. The quantitative estimate of drug-likeness (QED) is 0.714. The Morgan fingerprint density at radius 2 is 1.81 bits per heavy atom. The SMILES string of the molecule is N[C@@H]1CCN(C(=O)c2ccc3c(c2)N(c2ncc(-c4ccccc4)cn2)CC32CC2)C1. The lowest BCUT2D eigenvalue weighted by molar-refractivity contribution is 0.0791. The van der Waals surface area contributed by atoms with Crippen molar-refractivity contribution >= 4 is 17.5 Å². The molecule has 0 radical (unpaired) electrons. The molecule has 2 N–H and O–H groups in total. The van der Waals surface area contributed by atoms with Crippen LogP contribution in [0.2, 0.25) is 0 Å². The minimum absolute atomic E-state index is 0.0628. The van der Waals surface area contributed by atoms with Gasteiger partial charge < -0.3 is 15.5 Å². The number of amides is 1. The van der Waals surface area contributed by atoms with Gasteiger partial charge in [0.25, 0.3) is 5.91 Å². The molecule has 31 heavy (non-hydrogen) atoms. The minimum Gasteiger partial charge on any atom is -0.337 e. The highest BCUT2D eigenvalue weighted by atomic mass is 16.2. The Bertz CT molecular complexity index is 1140. The molecule has 1 spiro atoms. The number of rotatable bonds is 3. The molecule has 3 aliphatic rings. The van der Waals surface area contributed by atoms with E-state index in [9.17, 15) is 4.79 Å². The van der Waals surface area contributed by atoms with Crippen molar-refractivity contribution in [1.82, 2.24) is 14.9 Å². The molecule has 2 aromatic carbocycles. The highest BCUT2D eigenvalue weighted by Crippen LogP contribution is 2.57. The van der Waals surface area contributed by atoms with Crippen LogP contribution in [0, 0.1) is 0 Å². The summed E-state index contributed by atoms with van der Waals surface area (Å²) in [4.78, 5) is 26.5. The van der Waals surface area contributed by atoms with E-state index in [1.54, 1.807) is 0 Å². The van der Waals surface area contributed by atoms with Gasteiger partial charge >= 0.3 is 0 Å². The number of benzene rings is 2. The summed E-state index contributed by atoms with van der Waals surface area (Å²) in [6.07, 6.45) is 6.99. The third-order valence-corrected chi connectivity index (χ3v) is 6.92. The van der Waals surface area contributed by atoms with E-state index in [-0.39, 0.29) is 17.4 Å². The van der Waals surface area contributed by atoms with Gasteiger partial charge in [0.15, 0.2) is 0 Å². The fourth-order valence-corrected chi connectivity index (χ4v) is 4.96. The van der Waals surface area contributed by atoms with E-state index in [0.29, 0.717) is 12.5 Å². The van der Waals surface area contributed by atoms with Gasteiger partial charge in [0.2, 0.25) is 5.95 Å². The summed E-state index contributed by atoms with van der Waals surface area (Å²) in [5.41, 5.74) is 11.4. The average molecular weight is 412 g/mol. The van der Waals surface area contributed by atoms with E-state index in [1.165, 1.54) is 18.4 Å². The van der Waals surface area contributed by atoms with Crippen LogP contribution < -0.4 is 10.6 Å². The maximum Gasteiger partial charge on any atom is 0.253 e. The maximum absolute atomic E-state index is 13.0. The van der Waals surface area contributed by atoms with Gasteiger partial charge in [-0.05, 0) is 42.5 Å². The monoisotopic (exact) mass is 411 g/mol. The summed E-state index contributed by atoms with van der Waals surface area (Å²) in [7, 11) is 0. The van der Waals surface area contributed by atoms with E-state index in [0.717, 1.165) is 41.9 Å². The van der Waals surface area contributed by atoms with Gasteiger partial charge in [-0.2, -0.15) is 0 Å². The van der Waals surface area contributed by atoms with Crippen LogP contribution in [-0.2, 0) is 5.41 Å². The largest absolute Gasteiger partial charge is 0.337 e. The van der Waals surface area contributed by atoms with Crippen LogP contribution >= 0.6 is 0 Å². The van der Waals surface area contributed by atoms with Crippen LogP contribution in [0.4, 0.5) is 11.6 Å².